The van der Waals surface area contributed by atoms with Crippen LogP contribution in [0.3, 0.4) is 0 Å². The van der Waals surface area contributed by atoms with Gasteiger partial charge in [-0.05, 0) is 31.9 Å². The summed E-state index contributed by atoms with van der Waals surface area (Å²) in [5.41, 5.74) is -1.76. The molecule has 6 rings (SSSR count). The zero-order valence-corrected chi connectivity index (χ0v) is 21.0. The van der Waals surface area contributed by atoms with Crippen LogP contribution in [-0.4, -0.2) is 58.9 Å². The van der Waals surface area contributed by atoms with E-state index in [4.69, 9.17) is 13.7 Å². The Bertz CT molecular complexity index is 994. The van der Waals surface area contributed by atoms with Gasteiger partial charge in [-0.15, -0.1) is 0 Å². The number of anilines is 1. The van der Waals surface area contributed by atoms with Crippen molar-refractivity contribution in [3.8, 4) is 0 Å². The molecule has 9 nitrogen and oxygen atoms in total. The number of rotatable bonds is 7. The second-order valence-electron chi connectivity index (χ2n) is 10.0. The fourth-order valence-corrected chi connectivity index (χ4v) is 6.02. The Balaban J connectivity index is 0.00000274. The Morgan fingerprint density at radius 3 is 2.62 bits per heavy atom. The lowest BCUT2D eigenvalue weighted by Crippen LogP contribution is -3.00. The number of hydrogen-bond donors (Lipinski definition) is 2. The molecule has 1 unspecified atom stereocenters. The Hall–Kier alpha value is -2.17. The number of amides is 1. The molecule has 2 atom stereocenters. The fraction of sp³-hybridized carbons (Fsp3) is 0.625. The van der Waals surface area contributed by atoms with Crippen molar-refractivity contribution >= 4 is 17.7 Å². The van der Waals surface area contributed by atoms with Crippen LogP contribution in [0.4, 0.5) is 5.82 Å². The van der Waals surface area contributed by atoms with E-state index in [1.165, 1.54) is 6.26 Å². The number of nitrogens with one attached hydrogen (secondary N) is 1. The van der Waals surface area contributed by atoms with Gasteiger partial charge in [-0.1, -0.05) is 18.0 Å². The molecular formula is C24H32BrN3O6. The van der Waals surface area contributed by atoms with E-state index in [9.17, 15) is 14.7 Å². The van der Waals surface area contributed by atoms with Crippen molar-refractivity contribution in [1.82, 2.24) is 5.16 Å². The number of aliphatic hydroxyl groups is 1. The number of aromatic nitrogens is 1. The van der Waals surface area contributed by atoms with E-state index < -0.39 is 11.6 Å². The van der Waals surface area contributed by atoms with Crippen molar-refractivity contribution in [2.45, 2.75) is 57.2 Å². The molecule has 4 aliphatic rings. The summed E-state index contributed by atoms with van der Waals surface area (Å²) in [5, 5.41) is 18.2. The molecule has 3 saturated heterocycles. The number of furan rings is 1. The SMILES string of the molecule is Cc1cc(NC(=O)C[N+]23CCC(CC2)[C@@H](OC(=O)C(O)(c2ccco2)C2CCCC2)C3)no1.[Br-]. The van der Waals surface area contributed by atoms with Crippen molar-refractivity contribution in [2.75, 3.05) is 31.5 Å². The van der Waals surface area contributed by atoms with E-state index in [0.29, 0.717) is 22.6 Å². The first-order valence-electron chi connectivity index (χ1n) is 11.9. The van der Waals surface area contributed by atoms with Gasteiger partial charge < -0.3 is 45.6 Å². The van der Waals surface area contributed by atoms with E-state index >= 15 is 0 Å². The summed E-state index contributed by atoms with van der Waals surface area (Å²) in [4.78, 5) is 26.1. The van der Waals surface area contributed by atoms with Crippen LogP contribution in [0.5, 0.6) is 0 Å². The number of halogens is 1. The van der Waals surface area contributed by atoms with Gasteiger partial charge >= 0.3 is 5.97 Å². The molecule has 2 bridgehead atoms. The van der Waals surface area contributed by atoms with Gasteiger partial charge in [0.15, 0.2) is 18.5 Å². The third-order valence-corrected chi connectivity index (χ3v) is 7.83. The van der Waals surface area contributed by atoms with Crippen molar-refractivity contribution < 1.29 is 49.8 Å². The Morgan fingerprint density at radius 1 is 1.26 bits per heavy atom. The highest BCUT2D eigenvalue weighted by atomic mass is 79.9. The monoisotopic (exact) mass is 537 g/mol. The second kappa shape index (κ2) is 9.83. The second-order valence-corrected chi connectivity index (χ2v) is 10.0. The van der Waals surface area contributed by atoms with Gasteiger partial charge in [0.05, 0.1) is 19.4 Å². The van der Waals surface area contributed by atoms with Crippen LogP contribution in [0.25, 0.3) is 0 Å². The third kappa shape index (κ3) is 4.67. The fourth-order valence-electron chi connectivity index (χ4n) is 6.02. The Morgan fingerprint density at radius 2 is 2.00 bits per heavy atom. The number of quaternary nitrogens is 1. The number of carbonyl (C=O) groups is 2. The quantitative estimate of drug-likeness (QED) is 0.369. The van der Waals surface area contributed by atoms with Crippen LogP contribution in [0.15, 0.2) is 33.4 Å². The third-order valence-electron chi connectivity index (χ3n) is 7.83. The van der Waals surface area contributed by atoms with Gasteiger partial charge in [0.2, 0.25) is 5.60 Å². The van der Waals surface area contributed by atoms with Crippen LogP contribution in [0, 0.1) is 18.8 Å². The number of aryl methyl sites for hydroxylation is 1. The van der Waals surface area contributed by atoms with E-state index in [1.807, 2.05) is 0 Å². The molecule has 1 saturated carbocycles. The van der Waals surface area contributed by atoms with Crippen LogP contribution < -0.4 is 22.3 Å². The molecule has 5 heterocycles. The normalized spacial score (nSPS) is 28.2. The molecule has 3 aliphatic heterocycles. The van der Waals surface area contributed by atoms with E-state index in [2.05, 4.69) is 10.5 Å². The maximum Gasteiger partial charge on any atom is 0.346 e. The Kier molecular flexibility index (Phi) is 7.21. The average molecular weight is 538 g/mol. The minimum absolute atomic E-state index is 0. The minimum atomic E-state index is -1.76. The lowest BCUT2D eigenvalue weighted by atomic mass is 9.81. The zero-order chi connectivity index (χ0) is 23.1. The number of fused-ring (bicyclic) bond motifs is 3. The molecule has 1 amide bonds. The number of carbonyl (C=O) groups excluding carboxylic acids is 2. The van der Waals surface area contributed by atoms with Gasteiger partial charge in [0.1, 0.15) is 18.1 Å². The largest absolute Gasteiger partial charge is 1.00 e. The van der Waals surface area contributed by atoms with Crippen molar-refractivity contribution in [3.63, 3.8) is 0 Å². The van der Waals surface area contributed by atoms with Gasteiger partial charge in [0.25, 0.3) is 5.91 Å². The van der Waals surface area contributed by atoms with E-state index in [-0.39, 0.29) is 53.1 Å². The van der Waals surface area contributed by atoms with Gasteiger partial charge in [-0.3, -0.25) is 4.79 Å². The average Bonchev–Trinajstić information content (AvgIpc) is 3.57. The minimum Gasteiger partial charge on any atom is -1.00 e. The van der Waals surface area contributed by atoms with Crippen LogP contribution in [0.1, 0.15) is 50.0 Å². The number of ether oxygens (including phenoxy) is 1. The molecule has 2 aromatic rings. The van der Waals surface area contributed by atoms with Gasteiger partial charge in [-0.2, -0.15) is 0 Å². The highest BCUT2D eigenvalue weighted by Gasteiger charge is 2.54. The summed E-state index contributed by atoms with van der Waals surface area (Å²) < 4.78 is 17.1. The maximum absolute atomic E-state index is 13.4. The molecule has 2 N–H and O–H groups in total. The molecular weight excluding hydrogens is 506 g/mol. The number of hydrogen-bond acceptors (Lipinski definition) is 7. The summed E-state index contributed by atoms with van der Waals surface area (Å²) in [5.74, 6) is 0.583. The molecule has 0 radical (unpaired) electrons. The topological polar surface area (TPSA) is 115 Å². The van der Waals surface area contributed by atoms with Crippen LogP contribution in [0.2, 0.25) is 0 Å². The van der Waals surface area contributed by atoms with Crippen LogP contribution >= 0.6 is 0 Å². The smallest absolute Gasteiger partial charge is 0.346 e. The number of nitrogens with zero attached hydrogens (tertiary/aromatic N) is 2. The molecule has 1 aliphatic carbocycles. The highest BCUT2D eigenvalue weighted by molar-refractivity contribution is 5.90. The molecule has 34 heavy (non-hydrogen) atoms. The number of piperidine rings is 3. The van der Waals surface area contributed by atoms with Gasteiger partial charge in [0, 0.05) is 30.7 Å². The summed E-state index contributed by atoms with van der Waals surface area (Å²) >= 11 is 0. The first-order valence-corrected chi connectivity index (χ1v) is 11.9. The zero-order valence-electron chi connectivity index (χ0n) is 19.4. The lowest BCUT2D eigenvalue weighted by Gasteiger charge is -2.51. The standard InChI is InChI=1S/C24H31N3O6.BrH/c1-16-13-21(26-33-16)25-22(28)15-27-10-8-17(9-11-27)19(14-27)32-23(29)24(30,18-5-2-3-6-18)20-7-4-12-31-20;/h4,7,12-13,17-19,30H,2-3,5-6,8-11,14-15H2,1H3;1H/t17?,19-,24?,27?;/m0./s1. The van der Waals surface area contributed by atoms with Crippen molar-refractivity contribution in [3.05, 3.63) is 36.0 Å². The maximum atomic E-state index is 13.4. The summed E-state index contributed by atoms with van der Waals surface area (Å²) in [6.45, 7) is 4.37. The molecule has 2 aromatic heterocycles. The molecule has 186 valence electrons. The first-order chi connectivity index (χ1) is 15.9. The predicted molar refractivity (Wildman–Crippen MR) is 117 cm³/mol. The molecule has 4 fully saturated rings. The predicted octanol–water partition coefficient (Wildman–Crippen LogP) is -0.251. The molecule has 0 aromatic carbocycles. The summed E-state index contributed by atoms with van der Waals surface area (Å²) in [6.07, 6.45) is 6.41. The highest BCUT2D eigenvalue weighted by Crippen LogP contribution is 2.43. The lowest BCUT2D eigenvalue weighted by molar-refractivity contribution is -0.939. The van der Waals surface area contributed by atoms with Gasteiger partial charge in [-0.25, -0.2) is 4.79 Å². The Labute approximate surface area is 209 Å². The van der Waals surface area contributed by atoms with E-state index in [0.717, 1.165) is 51.6 Å². The molecule has 10 heteroatoms. The summed E-state index contributed by atoms with van der Waals surface area (Å²) in [6, 6.07) is 5.02. The number of esters is 1. The summed E-state index contributed by atoms with van der Waals surface area (Å²) in [7, 11) is 0. The van der Waals surface area contributed by atoms with Crippen molar-refractivity contribution in [2.24, 2.45) is 11.8 Å². The first kappa shape index (κ1) is 24.9. The molecule has 0 spiro atoms. The van der Waals surface area contributed by atoms with E-state index in [1.54, 1.807) is 25.1 Å². The van der Waals surface area contributed by atoms with Crippen molar-refractivity contribution in [1.29, 1.82) is 0 Å². The van der Waals surface area contributed by atoms with Crippen LogP contribution in [-0.2, 0) is 19.9 Å².